The Hall–Kier alpha value is -2.89. The third kappa shape index (κ3) is 3.47. The van der Waals surface area contributed by atoms with Crippen LogP contribution >= 0.6 is 0 Å². The number of carbonyl (C=O) groups is 2. The first-order valence-corrected chi connectivity index (χ1v) is 8.38. The van der Waals surface area contributed by atoms with Crippen molar-refractivity contribution in [2.24, 2.45) is 5.73 Å². The highest BCUT2D eigenvalue weighted by Crippen LogP contribution is 2.34. The standard InChI is InChI=1S/C19H22N4O2/c1-12-6-3-7-14(13(12)2)16-9-5-11-23(16)19(25)22-17-10-4-8-15(21-17)18(20)24/h3-4,6-8,10,16H,5,9,11H2,1-2H3,(H2,20,24)(H,21,22,25). The zero-order valence-electron chi connectivity index (χ0n) is 14.5. The number of primary amides is 1. The van der Waals surface area contributed by atoms with Crippen molar-refractivity contribution in [3.8, 4) is 0 Å². The van der Waals surface area contributed by atoms with E-state index < -0.39 is 5.91 Å². The molecule has 3 amide bonds. The number of likely N-dealkylation sites (tertiary alicyclic amines) is 1. The first-order chi connectivity index (χ1) is 12.0. The van der Waals surface area contributed by atoms with E-state index in [0.29, 0.717) is 12.4 Å². The van der Waals surface area contributed by atoms with Gasteiger partial charge in [0.1, 0.15) is 11.5 Å². The molecular formula is C19H22N4O2. The summed E-state index contributed by atoms with van der Waals surface area (Å²) in [6.45, 7) is 4.87. The Morgan fingerprint density at radius 2 is 1.96 bits per heavy atom. The van der Waals surface area contributed by atoms with Gasteiger partial charge in [0.2, 0.25) is 0 Å². The van der Waals surface area contributed by atoms with Crippen molar-refractivity contribution in [3.05, 3.63) is 58.8 Å². The summed E-state index contributed by atoms with van der Waals surface area (Å²) in [6, 6.07) is 10.9. The average molecular weight is 338 g/mol. The molecule has 0 saturated carbocycles. The summed E-state index contributed by atoms with van der Waals surface area (Å²) in [5, 5.41) is 2.78. The number of benzene rings is 1. The fourth-order valence-electron chi connectivity index (χ4n) is 3.29. The Bertz CT molecular complexity index is 819. The Kier molecular flexibility index (Phi) is 4.70. The lowest BCUT2D eigenvalue weighted by molar-refractivity contribution is 0.0995. The van der Waals surface area contributed by atoms with E-state index in [9.17, 15) is 9.59 Å². The second-order valence-electron chi connectivity index (χ2n) is 6.34. The summed E-state index contributed by atoms with van der Waals surface area (Å²) in [5.74, 6) is -0.293. The maximum Gasteiger partial charge on any atom is 0.323 e. The van der Waals surface area contributed by atoms with E-state index in [2.05, 4.69) is 36.3 Å². The topological polar surface area (TPSA) is 88.3 Å². The third-order valence-corrected chi connectivity index (χ3v) is 4.76. The van der Waals surface area contributed by atoms with Gasteiger partial charge in [0.05, 0.1) is 6.04 Å². The van der Waals surface area contributed by atoms with Gasteiger partial charge in [-0.1, -0.05) is 24.3 Å². The number of aromatic nitrogens is 1. The van der Waals surface area contributed by atoms with Crippen LogP contribution in [0.15, 0.2) is 36.4 Å². The van der Waals surface area contributed by atoms with Crippen molar-refractivity contribution in [1.82, 2.24) is 9.88 Å². The highest BCUT2D eigenvalue weighted by molar-refractivity contribution is 5.93. The first-order valence-electron chi connectivity index (χ1n) is 8.38. The van der Waals surface area contributed by atoms with Crippen LogP contribution in [-0.4, -0.2) is 28.4 Å². The zero-order chi connectivity index (χ0) is 18.0. The lowest BCUT2D eigenvalue weighted by atomic mass is 9.96. The van der Waals surface area contributed by atoms with E-state index in [-0.39, 0.29) is 17.8 Å². The summed E-state index contributed by atoms with van der Waals surface area (Å²) < 4.78 is 0. The Morgan fingerprint density at radius 3 is 2.72 bits per heavy atom. The van der Waals surface area contributed by atoms with Crippen molar-refractivity contribution in [3.63, 3.8) is 0 Å². The van der Waals surface area contributed by atoms with Crippen molar-refractivity contribution >= 4 is 17.8 Å². The molecule has 1 fully saturated rings. The number of nitrogens with one attached hydrogen (secondary N) is 1. The summed E-state index contributed by atoms with van der Waals surface area (Å²) in [7, 11) is 0. The molecule has 2 aromatic rings. The number of pyridine rings is 1. The number of nitrogens with two attached hydrogens (primary N) is 1. The Balaban J connectivity index is 1.80. The minimum atomic E-state index is -0.620. The normalized spacial score (nSPS) is 16.7. The van der Waals surface area contributed by atoms with E-state index >= 15 is 0 Å². The number of hydrogen-bond donors (Lipinski definition) is 2. The van der Waals surface area contributed by atoms with Gasteiger partial charge < -0.3 is 10.6 Å². The molecule has 1 aromatic carbocycles. The number of aryl methyl sites for hydroxylation is 1. The van der Waals surface area contributed by atoms with Crippen molar-refractivity contribution < 1.29 is 9.59 Å². The van der Waals surface area contributed by atoms with Crippen LogP contribution in [0.25, 0.3) is 0 Å². The van der Waals surface area contributed by atoms with Crippen molar-refractivity contribution in [2.45, 2.75) is 32.7 Å². The summed E-state index contributed by atoms with van der Waals surface area (Å²) >= 11 is 0. The van der Waals surface area contributed by atoms with Gasteiger partial charge in [-0.3, -0.25) is 10.1 Å². The fraction of sp³-hybridized carbons (Fsp3) is 0.316. The predicted molar refractivity (Wildman–Crippen MR) is 96.4 cm³/mol. The minimum absolute atomic E-state index is 0.0548. The molecule has 130 valence electrons. The van der Waals surface area contributed by atoms with Gasteiger partial charge >= 0.3 is 6.03 Å². The van der Waals surface area contributed by atoms with Gasteiger partial charge in [0.25, 0.3) is 5.91 Å². The highest BCUT2D eigenvalue weighted by atomic mass is 16.2. The monoisotopic (exact) mass is 338 g/mol. The molecule has 1 aliphatic heterocycles. The van der Waals surface area contributed by atoms with Gasteiger partial charge in [-0.15, -0.1) is 0 Å². The van der Waals surface area contributed by atoms with Crippen LogP contribution in [0.1, 0.15) is 46.1 Å². The maximum atomic E-state index is 12.7. The molecule has 1 aliphatic rings. The second-order valence-corrected chi connectivity index (χ2v) is 6.34. The molecule has 3 rings (SSSR count). The number of hydrogen-bond acceptors (Lipinski definition) is 3. The average Bonchev–Trinajstić information content (AvgIpc) is 3.07. The van der Waals surface area contributed by atoms with Crippen LogP contribution in [0.2, 0.25) is 0 Å². The third-order valence-electron chi connectivity index (χ3n) is 4.76. The van der Waals surface area contributed by atoms with E-state index in [0.717, 1.165) is 12.8 Å². The molecule has 1 atom stereocenters. The summed E-state index contributed by atoms with van der Waals surface area (Å²) in [6.07, 6.45) is 1.90. The minimum Gasteiger partial charge on any atom is -0.364 e. The van der Waals surface area contributed by atoms with Gasteiger partial charge in [-0.25, -0.2) is 9.78 Å². The molecule has 0 aliphatic carbocycles. The van der Waals surface area contributed by atoms with Crippen molar-refractivity contribution in [2.75, 3.05) is 11.9 Å². The maximum absolute atomic E-state index is 12.7. The van der Waals surface area contributed by atoms with E-state index in [4.69, 9.17) is 5.73 Å². The number of rotatable bonds is 3. The van der Waals surface area contributed by atoms with Gasteiger partial charge in [-0.05, 0) is 55.5 Å². The predicted octanol–water partition coefficient (Wildman–Crippen LogP) is 3.17. The summed E-state index contributed by atoms with van der Waals surface area (Å²) in [4.78, 5) is 29.9. The molecule has 1 unspecified atom stereocenters. The number of nitrogens with zero attached hydrogens (tertiary/aromatic N) is 2. The van der Waals surface area contributed by atoms with Crippen LogP contribution in [0, 0.1) is 13.8 Å². The number of urea groups is 1. The smallest absolute Gasteiger partial charge is 0.323 e. The molecule has 0 radical (unpaired) electrons. The number of carbonyl (C=O) groups excluding carboxylic acids is 2. The molecule has 3 N–H and O–H groups in total. The van der Waals surface area contributed by atoms with Gasteiger partial charge in [0.15, 0.2) is 0 Å². The molecule has 25 heavy (non-hydrogen) atoms. The molecule has 1 saturated heterocycles. The molecule has 0 bridgehead atoms. The van der Waals surface area contributed by atoms with E-state index in [1.807, 2.05) is 11.0 Å². The quantitative estimate of drug-likeness (QED) is 0.901. The molecule has 2 heterocycles. The second kappa shape index (κ2) is 6.93. The van der Waals surface area contributed by atoms with E-state index in [1.165, 1.54) is 22.8 Å². The molecule has 1 aromatic heterocycles. The summed E-state index contributed by atoms with van der Waals surface area (Å²) in [5.41, 5.74) is 9.00. The van der Waals surface area contributed by atoms with Crippen LogP contribution < -0.4 is 11.1 Å². The molecule has 6 heteroatoms. The lowest BCUT2D eigenvalue weighted by Crippen LogP contribution is -2.35. The number of anilines is 1. The molecular weight excluding hydrogens is 316 g/mol. The lowest BCUT2D eigenvalue weighted by Gasteiger charge is -2.27. The SMILES string of the molecule is Cc1cccc(C2CCCN2C(=O)Nc2cccc(C(N)=O)n2)c1C. The van der Waals surface area contributed by atoms with Crippen LogP contribution in [0.4, 0.5) is 10.6 Å². The van der Waals surface area contributed by atoms with Gasteiger partial charge in [0, 0.05) is 6.54 Å². The van der Waals surface area contributed by atoms with Crippen LogP contribution in [0.5, 0.6) is 0 Å². The molecule has 6 nitrogen and oxygen atoms in total. The van der Waals surface area contributed by atoms with Crippen LogP contribution in [0.3, 0.4) is 0 Å². The van der Waals surface area contributed by atoms with E-state index in [1.54, 1.807) is 12.1 Å². The Labute approximate surface area is 147 Å². The van der Waals surface area contributed by atoms with Crippen LogP contribution in [-0.2, 0) is 0 Å². The van der Waals surface area contributed by atoms with Crippen molar-refractivity contribution in [1.29, 1.82) is 0 Å². The molecule has 0 spiro atoms. The first kappa shape index (κ1) is 17.0. The van der Waals surface area contributed by atoms with Gasteiger partial charge in [-0.2, -0.15) is 0 Å². The highest BCUT2D eigenvalue weighted by Gasteiger charge is 2.31. The zero-order valence-corrected chi connectivity index (χ0v) is 14.5. The largest absolute Gasteiger partial charge is 0.364 e. The number of amides is 3. The fourth-order valence-corrected chi connectivity index (χ4v) is 3.29. The Morgan fingerprint density at radius 1 is 1.20 bits per heavy atom.